The first-order valence-electron chi connectivity index (χ1n) is 9.47. The van der Waals surface area contributed by atoms with Crippen molar-refractivity contribution >= 4 is 16.8 Å². The molecule has 1 unspecified atom stereocenters. The predicted octanol–water partition coefficient (Wildman–Crippen LogP) is 3.83. The summed E-state index contributed by atoms with van der Waals surface area (Å²) in [5, 5.41) is 1.09. The number of aromatic nitrogens is 1. The lowest BCUT2D eigenvalue weighted by molar-refractivity contribution is 0.0428. The highest BCUT2D eigenvalue weighted by molar-refractivity contribution is 5.98. The number of rotatable bonds is 3. The fourth-order valence-corrected chi connectivity index (χ4v) is 4.12. The summed E-state index contributed by atoms with van der Waals surface area (Å²) >= 11 is 0. The fourth-order valence-electron chi connectivity index (χ4n) is 4.12. The van der Waals surface area contributed by atoms with Gasteiger partial charge in [-0.25, -0.2) is 0 Å². The van der Waals surface area contributed by atoms with Crippen molar-refractivity contribution in [1.82, 2.24) is 14.8 Å². The topological polar surface area (TPSA) is 39.3 Å². The van der Waals surface area contributed by atoms with Gasteiger partial charge in [0.2, 0.25) is 0 Å². The Morgan fingerprint density at radius 1 is 0.962 bits per heavy atom. The molecule has 1 saturated heterocycles. The molecule has 4 nitrogen and oxygen atoms in total. The lowest BCUT2D eigenvalue weighted by Gasteiger charge is -2.41. The van der Waals surface area contributed by atoms with Crippen LogP contribution in [0.5, 0.6) is 0 Å². The number of hydrogen-bond donors (Lipinski definition) is 1. The minimum Gasteiger partial charge on any atom is -0.351 e. The van der Waals surface area contributed by atoms with Crippen LogP contribution in [0, 0.1) is 0 Å². The number of hydrogen-bond acceptors (Lipinski definition) is 2. The van der Waals surface area contributed by atoms with Crippen LogP contribution >= 0.6 is 0 Å². The Hall–Kier alpha value is -2.59. The molecule has 1 aliphatic heterocycles. The van der Waals surface area contributed by atoms with Crippen LogP contribution in [0.15, 0.2) is 60.7 Å². The molecule has 26 heavy (non-hydrogen) atoms. The zero-order valence-corrected chi connectivity index (χ0v) is 14.8. The van der Waals surface area contributed by atoms with Crippen LogP contribution in [0.4, 0.5) is 0 Å². The molecule has 1 saturated carbocycles. The molecule has 4 heteroatoms. The minimum atomic E-state index is 0.102. The molecule has 1 aliphatic carbocycles. The predicted molar refractivity (Wildman–Crippen MR) is 103 cm³/mol. The van der Waals surface area contributed by atoms with Gasteiger partial charge in [0.15, 0.2) is 0 Å². The molecule has 1 N–H and O–H groups in total. The van der Waals surface area contributed by atoms with Crippen LogP contribution in [-0.4, -0.2) is 46.4 Å². The van der Waals surface area contributed by atoms with E-state index in [4.69, 9.17) is 0 Å². The lowest BCUT2D eigenvalue weighted by atomic mass is 10.0. The molecular formula is C22H23N3O. The van der Waals surface area contributed by atoms with Crippen LogP contribution in [0.25, 0.3) is 10.9 Å². The Bertz CT molecular complexity index is 896. The second-order valence-electron chi connectivity index (χ2n) is 7.42. The summed E-state index contributed by atoms with van der Waals surface area (Å²) in [5.74, 6) is 0.102. The van der Waals surface area contributed by atoms with Crippen LogP contribution in [0.3, 0.4) is 0 Å². The molecule has 132 valence electrons. The smallest absolute Gasteiger partial charge is 0.270 e. The summed E-state index contributed by atoms with van der Waals surface area (Å²) < 4.78 is 0. The van der Waals surface area contributed by atoms with E-state index in [1.54, 1.807) is 0 Å². The van der Waals surface area contributed by atoms with Crippen molar-refractivity contribution in [2.45, 2.75) is 24.9 Å². The lowest BCUT2D eigenvalue weighted by Crippen LogP contribution is -2.51. The van der Waals surface area contributed by atoms with E-state index < -0.39 is 0 Å². The molecule has 3 aromatic rings. The van der Waals surface area contributed by atoms with E-state index >= 15 is 0 Å². The Balaban J connectivity index is 1.47. The van der Waals surface area contributed by atoms with Crippen molar-refractivity contribution in [3.8, 4) is 0 Å². The summed E-state index contributed by atoms with van der Waals surface area (Å²) in [4.78, 5) is 21.2. The third kappa shape index (κ3) is 2.80. The molecule has 2 aliphatic rings. The van der Waals surface area contributed by atoms with Gasteiger partial charge < -0.3 is 9.88 Å². The highest BCUT2D eigenvalue weighted by atomic mass is 16.2. The zero-order chi connectivity index (χ0) is 17.5. The third-order valence-electron chi connectivity index (χ3n) is 5.68. The first-order chi connectivity index (χ1) is 12.8. The number of H-pyrrole nitrogens is 1. The number of carbonyl (C=O) groups excluding carboxylic acids is 1. The molecular weight excluding hydrogens is 322 g/mol. The Kier molecular flexibility index (Phi) is 3.79. The zero-order valence-electron chi connectivity index (χ0n) is 14.8. The molecule has 0 bridgehead atoms. The Morgan fingerprint density at radius 2 is 1.73 bits per heavy atom. The number of aromatic amines is 1. The van der Waals surface area contributed by atoms with Gasteiger partial charge in [0.1, 0.15) is 5.69 Å². The highest BCUT2D eigenvalue weighted by Gasteiger charge is 2.38. The first kappa shape index (κ1) is 15.6. The van der Waals surface area contributed by atoms with Gasteiger partial charge in [-0.1, -0.05) is 48.5 Å². The molecule has 5 rings (SSSR count). The maximum Gasteiger partial charge on any atom is 0.270 e. The van der Waals surface area contributed by atoms with Crippen molar-refractivity contribution in [1.29, 1.82) is 0 Å². The number of benzene rings is 2. The number of fused-ring (bicyclic) bond motifs is 1. The average molecular weight is 345 g/mol. The maximum atomic E-state index is 13.3. The van der Waals surface area contributed by atoms with Crippen molar-refractivity contribution < 1.29 is 4.79 Å². The Labute approximate surface area is 153 Å². The van der Waals surface area contributed by atoms with Crippen molar-refractivity contribution in [3.63, 3.8) is 0 Å². The molecule has 2 fully saturated rings. The Morgan fingerprint density at radius 3 is 2.50 bits per heavy atom. The van der Waals surface area contributed by atoms with E-state index in [9.17, 15) is 4.79 Å². The van der Waals surface area contributed by atoms with E-state index in [0.717, 1.165) is 36.6 Å². The van der Waals surface area contributed by atoms with Gasteiger partial charge in [-0.05, 0) is 30.5 Å². The van der Waals surface area contributed by atoms with E-state index in [1.165, 1.54) is 18.4 Å². The third-order valence-corrected chi connectivity index (χ3v) is 5.68. The molecule has 2 aromatic carbocycles. The monoisotopic (exact) mass is 345 g/mol. The van der Waals surface area contributed by atoms with Crippen LogP contribution in [0.1, 0.15) is 34.9 Å². The van der Waals surface area contributed by atoms with E-state index in [0.29, 0.717) is 5.69 Å². The SMILES string of the molecule is O=C(c1cc2ccccc2[nH]1)N1CCN(C2CC2)CC1c1ccccc1. The van der Waals surface area contributed by atoms with Gasteiger partial charge in [0.25, 0.3) is 5.91 Å². The van der Waals surface area contributed by atoms with Crippen molar-refractivity contribution in [2.75, 3.05) is 19.6 Å². The molecule has 1 aromatic heterocycles. The first-order valence-corrected chi connectivity index (χ1v) is 9.47. The number of piperazine rings is 1. The second-order valence-corrected chi connectivity index (χ2v) is 7.42. The average Bonchev–Trinajstić information content (AvgIpc) is 3.46. The van der Waals surface area contributed by atoms with Crippen molar-refractivity contribution in [3.05, 3.63) is 71.9 Å². The summed E-state index contributed by atoms with van der Waals surface area (Å²) in [7, 11) is 0. The molecule has 1 amide bonds. The van der Waals surface area contributed by atoms with Crippen molar-refractivity contribution in [2.24, 2.45) is 0 Å². The fraction of sp³-hybridized carbons (Fsp3) is 0.318. The normalized spacial score (nSPS) is 21.2. The summed E-state index contributed by atoms with van der Waals surface area (Å²) in [6.45, 7) is 2.69. The van der Waals surface area contributed by atoms with Gasteiger partial charge in [-0.2, -0.15) is 0 Å². The van der Waals surface area contributed by atoms with Crippen LogP contribution in [-0.2, 0) is 0 Å². The van der Waals surface area contributed by atoms with Gasteiger partial charge in [0, 0.05) is 36.6 Å². The molecule has 0 spiro atoms. The molecule has 0 radical (unpaired) electrons. The van der Waals surface area contributed by atoms with Gasteiger partial charge in [0.05, 0.1) is 6.04 Å². The standard InChI is InChI=1S/C22H23N3O/c26-22(20-14-17-8-4-5-9-19(17)23-20)25-13-12-24(18-10-11-18)15-21(25)16-6-2-1-3-7-16/h1-9,14,18,21,23H,10-13,15H2. The van der Waals surface area contributed by atoms with E-state index in [1.807, 2.05) is 36.4 Å². The summed E-state index contributed by atoms with van der Waals surface area (Å²) in [6, 6.07) is 21.3. The van der Waals surface area contributed by atoms with E-state index in [-0.39, 0.29) is 11.9 Å². The van der Waals surface area contributed by atoms with Gasteiger partial charge >= 0.3 is 0 Å². The second kappa shape index (κ2) is 6.29. The van der Waals surface area contributed by atoms with Gasteiger partial charge in [-0.15, -0.1) is 0 Å². The largest absolute Gasteiger partial charge is 0.351 e. The summed E-state index contributed by atoms with van der Waals surface area (Å²) in [5.41, 5.74) is 2.93. The minimum absolute atomic E-state index is 0.102. The number of nitrogens with one attached hydrogen (secondary N) is 1. The van der Waals surface area contributed by atoms with E-state index in [2.05, 4.69) is 39.0 Å². The number of carbonyl (C=O) groups is 1. The highest BCUT2D eigenvalue weighted by Crippen LogP contribution is 2.34. The maximum absolute atomic E-state index is 13.3. The quantitative estimate of drug-likeness (QED) is 0.784. The number of nitrogens with zero attached hydrogens (tertiary/aromatic N) is 2. The molecule has 2 heterocycles. The van der Waals surface area contributed by atoms with Crippen LogP contribution < -0.4 is 0 Å². The van der Waals surface area contributed by atoms with Gasteiger partial charge in [-0.3, -0.25) is 9.69 Å². The summed E-state index contributed by atoms with van der Waals surface area (Å²) in [6.07, 6.45) is 2.61. The number of amides is 1. The number of para-hydroxylation sites is 1. The molecule has 1 atom stereocenters. The van der Waals surface area contributed by atoms with Crippen LogP contribution in [0.2, 0.25) is 0 Å².